The minimum Gasteiger partial charge on any atom is -0.494 e. The Labute approximate surface area is 148 Å². The normalized spacial score (nSPS) is 11.4. The number of benzene rings is 1. The van der Waals surface area contributed by atoms with Crippen molar-refractivity contribution < 1.29 is 4.74 Å². The second-order valence-electron chi connectivity index (χ2n) is 5.22. The molecule has 2 rings (SSSR count). The average Bonchev–Trinajstić information content (AvgIpc) is 3.07. The molecular formula is C18H26N4OS. The van der Waals surface area contributed by atoms with Crippen LogP contribution in [0.25, 0.3) is 0 Å². The lowest BCUT2D eigenvalue weighted by Crippen LogP contribution is -2.37. The first-order chi connectivity index (χ1) is 11.8. The predicted octanol–water partition coefficient (Wildman–Crippen LogP) is 3.01. The minimum atomic E-state index is 0.664. The Morgan fingerprint density at radius 1 is 1.25 bits per heavy atom. The highest BCUT2D eigenvalue weighted by molar-refractivity contribution is 7.11. The fourth-order valence-electron chi connectivity index (χ4n) is 2.26. The minimum absolute atomic E-state index is 0.664. The van der Waals surface area contributed by atoms with Gasteiger partial charge in [0.2, 0.25) is 0 Å². The van der Waals surface area contributed by atoms with Crippen molar-refractivity contribution >= 4 is 17.3 Å². The van der Waals surface area contributed by atoms with E-state index in [1.807, 2.05) is 31.3 Å². The number of aromatic nitrogens is 1. The SMILES string of the molecule is CCOc1ccccc1CNC(=NC)NCCc1ncc(CC)s1. The summed E-state index contributed by atoms with van der Waals surface area (Å²) in [4.78, 5) is 10.0. The Bertz CT molecular complexity index is 654. The first-order valence-corrected chi connectivity index (χ1v) is 9.17. The molecule has 0 atom stereocenters. The molecule has 0 amide bonds. The summed E-state index contributed by atoms with van der Waals surface area (Å²) in [6.07, 6.45) is 3.92. The molecule has 130 valence electrons. The summed E-state index contributed by atoms with van der Waals surface area (Å²) < 4.78 is 5.65. The number of ether oxygens (including phenoxy) is 1. The fourth-order valence-corrected chi connectivity index (χ4v) is 3.12. The number of nitrogens with one attached hydrogen (secondary N) is 2. The Morgan fingerprint density at radius 2 is 2.08 bits per heavy atom. The number of aryl methyl sites for hydroxylation is 1. The topological polar surface area (TPSA) is 58.5 Å². The van der Waals surface area contributed by atoms with E-state index >= 15 is 0 Å². The molecule has 1 aromatic carbocycles. The molecule has 0 unspecified atom stereocenters. The van der Waals surface area contributed by atoms with Crippen molar-refractivity contribution in [3.63, 3.8) is 0 Å². The summed E-state index contributed by atoms with van der Waals surface area (Å²) in [5, 5.41) is 7.82. The Hall–Kier alpha value is -2.08. The molecule has 6 heteroatoms. The first-order valence-electron chi connectivity index (χ1n) is 8.35. The molecule has 0 aliphatic carbocycles. The number of aliphatic imine (C=N–C) groups is 1. The third-order valence-corrected chi connectivity index (χ3v) is 4.72. The van der Waals surface area contributed by atoms with Crippen molar-refractivity contribution in [2.45, 2.75) is 33.2 Å². The lowest BCUT2D eigenvalue weighted by atomic mass is 10.2. The van der Waals surface area contributed by atoms with E-state index in [1.165, 1.54) is 4.88 Å². The van der Waals surface area contributed by atoms with E-state index in [2.05, 4.69) is 33.6 Å². The second kappa shape index (κ2) is 9.93. The molecule has 0 saturated carbocycles. The van der Waals surface area contributed by atoms with Crippen molar-refractivity contribution in [3.05, 3.63) is 45.9 Å². The van der Waals surface area contributed by atoms with E-state index in [1.54, 1.807) is 18.4 Å². The molecule has 2 aromatic rings. The molecule has 0 aliphatic rings. The van der Waals surface area contributed by atoms with Gasteiger partial charge >= 0.3 is 0 Å². The number of nitrogens with zero attached hydrogens (tertiary/aromatic N) is 2. The van der Waals surface area contributed by atoms with Crippen LogP contribution in [0.4, 0.5) is 0 Å². The zero-order chi connectivity index (χ0) is 17.2. The van der Waals surface area contributed by atoms with E-state index in [-0.39, 0.29) is 0 Å². The number of hydrogen-bond acceptors (Lipinski definition) is 4. The largest absolute Gasteiger partial charge is 0.494 e. The quantitative estimate of drug-likeness (QED) is 0.570. The van der Waals surface area contributed by atoms with Gasteiger partial charge in [-0.1, -0.05) is 25.1 Å². The molecule has 0 fully saturated rings. The Balaban J connectivity index is 1.80. The maximum absolute atomic E-state index is 5.65. The standard InChI is InChI=1S/C18H26N4OS/c1-4-15-13-21-17(24-15)10-11-20-18(19-3)22-12-14-8-6-7-9-16(14)23-5-2/h6-9,13H,4-5,10-12H2,1-3H3,(H2,19,20,22). The van der Waals surface area contributed by atoms with Gasteiger partial charge < -0.3 is 15.4 Å². The zero-order valence-electron chi connectivity index (χ0n) is 14.6. The third-order valence-electron chi connectivity index (χ3n) is 3.52. The van der Waals surface area contributed by atoms with Gasteiger partial charge in [0, 0.05) is 43.2 Å². The second-order valence-corrected chi connectivity index (χ2v) is 6.42. The molecule has 2 N–H and O–H groups in total. The average molecular weight is 347 g/mol. The lowest BCUT2D eigenvalue weighted by Gasteiger charge is -2.14. The number of thiazole rings is 1. The fraction of sp³-hybridized carbons (Fsp3) is 0.444. The maximum Gasteiger partial charge on any atom is 0.191 e. The van der Waals surface area contributed by atoms with Crippen LogP contribution in [0.15, 0.2) is 35.5 Å². The number of guanidine groups is 1. The molecule has 0 radical (unpaired) electrons. The zero-order valence-corrected chi connectivity index (χ0v) is 15.4. The van der Waals surface area contributed by atoms with E-state index in [0.29, 0.717) is 13.2 Å². The summed E-state index contributed by atoms with van der Waals surface area (Å²) in [5.41, 5.74) is 1.12. The van der Waals surface area contributed by atoms with Crippen LogP contribution in [-0.4, -0.2) is 31.1 Å². The molecular weight excluding hydrogens is 320 g/mol. The third kappa shape index (κ3) is 5.53. The molecule has 24 heavy (non-hydrogen) atoms. The van der Waals surface area contributed by atoms with Crippen molar-refractivity contribution in [1.29, 1.82) is 0 Å². The van der Waals surface area contributed by atoms with E-state index in [0.717, 1.165) is 41.7 Å². The van der Waals surface area contributed by atoms with Gasteiger partial charge in [0.15, 0.2) is 5.96 Å². The van der Waals surface area contributed by atoms with Gasteiger partial charge in [0.1, 0.15) is 5.75 Å². The van der Waals surface area contributed by atoms with Crippen LogP contribution in [0, 0.1) is 0 Å². The molecule has 0 bridgehead atoms. The van der Waals surface area contributed by atoms with Gasteiger partial charge in [-0.05, 0) is 19.4 Å². The number of rotatable bonds is 8. The Kier molecular flexibility index (Phi) is 7.55. The van der Waals surface area contributed by atoms with Crippen molar-refractivity contribution in [3.8, 4) is 5.75 Å². The van der Waals surface area contributed by atoms with E-state index in [9.17, 15) is 0 Å². The number of hydrogen-bond donors (Lipinski definition) is 2. The van der Waals surface area contributed by atoms with Crippen LogP contribution in [0.2, 0.25) is 0 Å². The van der Waals surface area contributed by atoms with Gasteiger partial charge in [-0.25, -0.2) is 4.98 Å². The molecule has 5 nitrogen and oxygen atoms in total. The van der Waals surface area contributed by atoms with E-state index in [4.69, 9.17) is 4.74 Å². The molecule has 1 aromatic heterocycles. The van der Waals surface area contributed by atoms with Gasteiger partial charge in [0.25, 0.3) is 0 Å². The molecule has 0 saturated heterocycles. The highest BCUT2D eigenvalue weighted by atomic mass is 32.1. The van der Waals surface area contributed by atoms with Crippen LogP contribution < -0.4 is 15.4 Å². The van der Waals surface area contributed by atoms with E-state index < -0.39 is 0 Å². The lowest BCUT2D eigenvalue weighted by molar-refractivity contribution is 0.336. The highest BCUT2D eigenvalue weighted by Crippen LogP contribution is 2.17. The summed E-state index contributed by atoms with van der Waals surface area (Å²) in [7, 11) is 1.78. The smallest absolute Gasteiger partial charge is 0.191 e. The molecule has 1 heterocycles. The summed E-state index contributed by atoms with van der Waals surface area (Å²) in [5.74, 6) is 1.70. The molecule has 0 aliphatic heterocycles. The van der Waals surface area contributed by atoms with Gasteiger partial charge in [-0.15, -0.1) is 11.3 Å². The van der Waals surface area contributed by atoms with Crippen LogP contribution in [0.1, 0.15) is 29.3 Å². The van der Waals surface area contributed by atoms with Crippen LogP contribution >= 0.6 is 11.3 Å². The predicted molar refractivity (Wildman–Crippen MR) is 101 cm³/mol. The summed E-state index contributed by atoms with van der Waals surface area (Å²) >= 11 is 1.78. The Morgan fingerprint density at radius 3 is 2.79 bits per heavy atom. The number of para-hydroxylation sites is 1. The summed E-state index contributed by atoms with van der Waals surface area (Å²) in [6.45, 7) is 6.29. The first kappa shape index (κ1) is 18.3. The summed E-state index contributed by atoms with van der Waals surface area (Å²) in [6, 6.07) is 8.06. The van der Waals surface area contributed by atoms with Gasteiger partial charge in [-0.3, -0.25) is 4.99 Å². The van der Waals surface area contributed by atoms with Crippen LogP contribution in [0.3, 0.4) is 0 Å². The van der Waals surface area contributed by atoms with Gasteiger partial charge in [0.05, 0.1) is 11.6 Å². The van der Waals surface area contributed by atoms with Crippen molar-refractivity contribution in [2.24, 2.45) is 4.99 Å². The van der Waals surface area contributed by atoms with Crippen LogP contribution in [0.5, 0.6) is 5.75 Å². The van der Waals surface area contributed by atoms with Crippen molar-refractivity contribution in [1.82, 2.24) is 15.6 Å². The monoisotopic (exact) mass is 346 g/mol. The van der Waals surface area contributed by atoms with Crippen molar-refractivity contribution in [2.75, 3.05) is 20.2 Å². The maximum atomic E-state index is 5.65. The van der Waals surface area contributed by atoms with Crippen LogP contribution in [-0.2, 0) is 19.4 Å². The van der Waals surface area contributed by atoms with Gasteiger partial charge in [-0.2, -0.15) is 0 Å². The highest BCUT2D eigenvalue weighted by Gasteiger charge is 2.05. The molecule has 0 spiro atoms.